The lowest BCUT2D eigenvalue weighted by molar-refractivity contribution is 0.531. The average Bonchev–Trinajstić information content (AvgIpc) is 2.45. The zero-order valence-corrected chi connectivity index (χ0v) is 7.64. The summed E-state index contributed by atoms with van der Waals surface area (Å²) in [5.41, 5.74) is 0. The Kier molecular flexibility index (Phi) is 2.84. The van der Waals surface area contributed by atoms with E-state index in [-0.39, 0.29) is 0 Å². The SMILES string of the molecule is C/C=C/C1C(C)C1CS(=O)[O-]. The van der Waals surface area contributed by atoms with Gasteiger partial charge in [0.2, 0.25) is 0 Å². The van der Waals surface area contributed by atoms with Crippen molar-refractivity contribution in [1.29, 1.82) is 0 Å². The molecule has 2 nitrogen and oxygen atoms in total. The fourth-order valence-corrected chi connectivity index (χ4v) is 2.38. The lowest BCUT2D eigenvalue weighted by Crippen LogP contribution is -1.98. The number of hydrogen-bond acceptors (Lipinski definition) is 2. The van der Waals surface area contributed by atoms with Crippen molar-refractivity contribution >= 4 is 11.1 Å². The van der Waals surface area contributed by atoms with Gasteiger partial charge in [0.25, 0.3) is 0 Å². The summed E-state index contributed by atoms with van der Waals surface area (Å²) < 4.78 is 20.6. The van der Waals surface area contributed by atoms with Crippen molar-refractivity contribution in [1.82, 2.24) is 0 Å². The van der Waals surface area contributed by atoms with Crippen molar-refractivity contribution in [2.75, 3.05) is 5.75 Å². The third-order valence-corrected chi connectivity index (χ3v) is 3.04. The molecule has 0 heterocycles. The van der Waals surface area contributed by atoms with Gasteiger partial charge < -0.3 is 4.55 Å². The van der Waals surface area contributed by atoms with Gasteiger partial charge in [0, 0.05) is 5.75 Å². The Bertz CT molecular complexity index is 189. The first-order valence-electron chi connectivity index (χ1n) is 3.85. The van der Waals surface area contributed by atoms with Crippen LogP contribution in [0.4, 0.5) is 0 Å². The molecule has 1 aliphatic rings. The van der Waals surface area contributed by atoms with Crippen molar-refractivity contribution in [3.8, 4) is 0 Å². The molecule has 3 heteroatoms. The molecule has 0 amide bonds. The molecule has 0 aromatic rings. The molecule has 0 aromatic heterocycles. The van der Waals surface area contributed by atoms with Gasteiger partial charge in [-0.2, -0.15) is 0 Å². The third kappa shape index (κ3) is 2.14. The van der Waals surface area contributed by atoms with Crippen LogP contribution < -0.4 is 0 Å². The second kappa shape index (κ2) is 3.50. The van der Waals surface area contributed by atoms with Crippen LogP contribution in [0.15, 0.2) is 12.2 Å². The third-order valence-electron chi connectivity index (χ3n) is 2.38. The first-order valence-corrected chi connectivity index (χ1v) is 5.10. The van der Waals surface area contributed by atoms with Gasteiger partial charge in [-0.05, 0) is 24.7 Å². The molecule has 0 aromatic carbocycles. The minimum Gasteiger partial charge on any atom is -0.772 e. The standard InChI is InChI=1S/C8H14O2S/c1-3-4-7-6(2)8(7)5-11(9)10/h3-4,6-8H,5H2,1-2H3,(H,9,10)/p-1/b4-3+. The van der Waals surface area contributed by atoms with E-state index in [1.807, 2.05) is 13.0 Å². The van der Waals surface area contributed by atoms with Crippen LogP contribution in [0.2, 0.25) is 0 Å². The van der Waals surface area contributed by atoms with Crippen molar-refractivity contribution in [2.24, 2.45) is 17.8 Å². The highest BCUT2D eigenvalue weighted by molar-refractivity contribution is 7.79. The second-order valence-corrected chi connectivity index (χ2v) is 4.04. The summed E-state index contributed by atoms with van der Waals surface area (Å²) in [6.07, 6.45) is 4.09. The van der Waals surface area contributed by atoms with E-state index in [4.69, 9.17) is 0 Å². The van der Waals surface area contributed by atoms with Crippen LogP contribution in [-0.4, -0.2) is 14.5 Å². The summed E-state index contributed by atoms with van der Waals surface area (Å²) in [6.45, 7) is 4.07. The van der Waals surface area contributed by atoms with E-state index in [0.29, 0.717) is 23.5 Å². The minimum atomic E-state index is -1.86. The second-order valence-electron chi connectivity index (χ2n) is 3.10. The topological polar surface area (TPSA) is 40.1 Å². The van der Waals surface area contributed by atoms with Gasteiger partial charge in [-0.15, -0.1) is 0 Å². The highest BCUT2D eigenvalue weighted by atomic mass is 32.2. The smallest absolute Gasteiger partial charge is 0.0138 e. The normalized spacial score (nSPS) is 39.4. The maximum atomic E-state index is 10.3. The van der Waals surface area contributed by atoms with Crippen LogP contribution in [-0.2, 0) is 11.1 Å². The van der Waals surface area contributed by atoms with Gasteiger partial charge in [0.1, 0.15) is 0 Å². The zero-order valence-electron chi connectivity index (χ0n) is 6.82. The monoisotopic (exact) mass is 173 g/mol. The van der Waals surface area contributed by atoms with Crippen LogP contribution in [0.1, 0.15) is 13.8 Å². The molecule has 64 valence electrons. The lowest BCUT2D eigenvalue weighted by atomic mass is 10.3. The molecule has 0 saturated heterocycles. The van der Waals surface area contributed by atoms with E-state index in [9.17, 15) is 8.76 Å². The van der Waals surface area contributed by atoms with Crippen molar-refractivity contribution in [3.05, 3.63) is 12.2 Å². The molecule has 0 N–H and O–H groups in total. The highest BCUT2D eigenvalue weighted by Crippen LogP contribution is 2.47. The first kappa shape index (κ1) is 8.94. The Labute approximate surface area is 70.0 Å². The van der Waals surface area contributed by atoms with Gasteiger partial charge >= 0.3 is 0 Å². The van der Waals surface area contributed by atoms with Gasteiger partial charge in [0.15, 0.2) is 0 Å². The molecule has 1 rings (SSSR count). The van der Waals surface area contributed by atoms with E-state index in [2.05, 4.69) is 13.0 Å². The summed E-state index contributed by atoms with van der Waals surface area (Å²) >= 11 is -1.86. The lowest BCUT2D eigenvalue weighted by Gasteiger charge is -2.01. The van der Waals surface area contributed by atoms with E-state index < -0.39 is 11.1 Å². The Balaban J connectivity index is 2.35. The van der Waals surface area contributed by atoms with Gasteiger partial charge in [0.05, 0.1) is 0 Å². The molecule has 0 spiro atoms. The summed E-state index contributed by atoms with van der Waals surface area (Å²) in [6, 6.07) is 0. The maximum absolute atomic E-state index is 10.3. The molecule has 0 radical (unpaired) electrons. The molecule has 4 unspecified atom stereocenters. The van der Waals surface area contributed by atoms with Crippen LogP contribution in [0, 0.1) is 17.8 Å². The first-order chi connectivity index (χ1) is 5.16. The summed E-state index contributed by atoms with van der Waals surface area (Å²) in [4.78, 5) is 0. The molecule has 4 atom stereocenters. The predicted octanol–water partition coefficient (Wildman–Crippen LogP) is 1.32. The van der Waals surface area contributed by atoms with E-state index >= 15 is 0 Å². The fraction of sp³-hybridized carbons (Fsp3) is 0.750. The van der Waals surface area contributed by atoms with Crippen LogP contribution in [0.3, 0.4) is 0 Å². The average molecular weight is 173 g/mol. The Morgan fingerprint density at radius 2 is 2.27 bits per heavy atom. The number of allylic oxidation sites excluding steroid dienone is 2. The molecule has 0 aliphatic heterocycles. The quantitative estimate of drug-likeness (QED) is 0.477. The van der Waals surface area contributed by atoms with Gasteiger partial charge in [-0.3, -0.25) is 4.21 Å². The molecule has 1 aliphatic carbocycles. The summed E-state index contributed by atoms with van der Waals surface area (Å²) in [5.74, 6) is 1.78. The number of hydrogen-bond donors (Lipinski definition) is 0. The van der Waals surface area contributed by atoms with Crippen LogP contribution in [0.25, 0.3) is 0 Å². The van der Waals surface area contributed by atoms with Crippen molar-refractivity contribution in [3.63, 3.8) is 0 Å². The maximum Gasteiger partial charge on any atom is 0.0138 e. The molecule has 1 saturated carbocycles. The Morgan fingerprint density at radius 1 is 1.64 bits per heavy atom. The molecule has 11 heavy (non-hydrogen) atoms. The van der Waals surface area contributed by atoms with E-state index in [0.717, 1.165) is 0 Å². The predicted molar refractivity (Wildman–Crippen MR) is 44.7 cm³/mol. The highest BCUT2D eigenvalue weighted by Gasteiger charge is 2.43. The van der Waals surface area contributed by atoms with E-state index in [1.165, 1.54) is 0 Å². The fourth-order valence-electron chi connectivity index (χ4n) is 1.54. The molecular weight excluding hydrogens is 160 g/mol. The van der Waals surface area contributed by atoms with E-state index in [1.54, 1.807) is 0 Å². The van der Waals surface area contributed by atoms with Crippen LogP contribution in [0.5, 0.6) is 0 Å². The molecule has 1 fully saturated rings. The van der Waals surface area contributed by atoms with Crippen LogP contribution >= 0.6 is 0 Å². The van der Waals surface area contributed by atoms with Crippen molar-refractivity contribution < 1.29 is 8.76 Å². The number of rotatable bonds is 3. The minimum absolute atomic E-state index is 0.330. The zero-order chi connectivity index (χ0) is 8.43. The largest absolute Gasteiger partial charge is 0.772 e. The van der Waals surface area contributed by atoms with Gasteiger partial charge in [-0.25, -0.2) is 0 Å². The van der Waals surface area contributed by atoms with Crippen molar-refractivity contribution in [2.45, 2.75) is 13.8 Å². The molecular formula is C8H13O2S-. The summed E-state index contributed by atoms with van der Waals surface area (Å²) in [7, 11) is 0. The molecule has 0 bridgehead atoms. The summed E-state index contributed by atoms with van der Waals surface area (Å²) in [5, 5.41) is 0. The van der Waals surface area contributed by atoms with Gasteiger partial charge in [-0.1, -0.05) is 30.2 Å². The Hall–Kier alpha value is -0.150. The Morgan fingerprint density at radius 3 is 2.73 bits per heavy atom.